The molecule has 0 spiro atoms. The maximum atomic E-state index is 3.48. The quantitative estimate of drug-likeness (QED) is 0.352. The monoisotopic (exact) mass is 256 g/mol. The highest BCUT2D eigenvalue weighted by Gasteiger charge is 1.45. The largest absolute Gasteiger partial charge is 0.103 e. The molecular formula is C18H40. The smallest absolute Gasteiger partial charge is 0.0382 e. The van der Waals surface area contributed by atoms with Crippen LogP contribution in [0.15, 0.2) is 50.6 Å². The van der Waals surface area contributed by atoms with Crippen LogP contribution in [-0.2, 0) is 0 Å². The van der Waals surface area contributed by atoms with Crippen molar-refractivity contribution in [2.45, 2.75) is 68.2 Å². The van der Waals surface area contributed by atoms with E-state index in [9.17, 15) is 0 Å². The molecule has 0 aliphatic carbocycles. The lowest BCUT2D eigenvalue weighted by atomic mass is 10.5. The minimum atomic E-state index is 1.08. The summed E-state index contributed by atoms with van der Waals surface area (Å²) in [5, 5.41) is 0. The van der Waals surface area contributed by atoms with E-state index < -0.39 is 0 Å². The molecule has 0 aromatic rings. The maximum Gasteiger partial charge on any atom is -0.0382 e. The van der Waals surface area contributed by atoms with E-state index in [0.29, 0.717) is 0 Å². The topological polar surface area (TPSA) is 0 Å². The molecule has 0 N–H and O–H groups in total. The molecule has 0 aliphatic rings. The Bertz CT molecular complexity index is 92.6. The van der Waals surface area contributed by atoms with E-state index in [4.69, 9.17) is 0 Å². The fourth-order valence-electron chi connectivity index (χ4n) is 0. The first kappa shape index (κ1) is 36.0. The van der Waals surface area contributed by atoms with E-state index in [0.717, 1.165) is 6.42 Å². The molecule has 0 rings (SSSR count). The van der Waals surface area contributed by atoms with Gasteiger partial charge in [-0.2, -0.15) is 0 Å². The van der Waals surface area contributed by atoms with Gasteiger partial charge in [0.2, 0.25) is 0 Å². The minimum Gasteiger partial charge on any atom is -0.103 e. The first-order valence-corrected chi connectivity index (χ1v) is 7.07. The van der Waals surface area contributed by atoms with Gasteiger partial charge >= 0.3 is 0 Å². The van der Waals surface area contributed by atoms with E-state index in [2.05, 4.69) is 47.1 Å². The SMILES string of the molecule is C=CC.C=CC=C.C=CCC.CC.CC.CCC. The van der Waals surface area contributed by atoms with Gasteiger partial charge in [0.15, 0.2) is 0 Å². The van der Waals surface area contributed by atoms with Gasteiger partial charge in [0.25, 0.3) is 0 Å². The fourth-order valence-corrected chi connectivity index (χ4v) is 0. The van der Waals surface area contributed by atoms with Crippen molar-refractivity contribution in [2.75, 3.05) is 0 Å². The van der Waals surface area contributed by atoms with Crippen molar-refractivity contribution in [3.05, 3.63) is 50.6 Å². The zero-order valence-corrected chi connectivity index (χ0v) is 14.6. The van der Waals surface area contributed by atoms with E-state index in [1.807, 2.05) is 40.7 Å². The molecule has 0 radical (unpaired) electrons. The Hall–Kier alpha value is -1.04. The molecule has 0 aromatic heterocycles. The Balaban J connectivity index is -0.0000000246. The average molecular weight is 257 g/mol. The molecule has 0 heterocycles. The molecule has 18 heavy (non-hydrogen) atoms. The lowest BCUT2D eigenvalue weighted by molar-refractivity contribution is 1.09. The van der Waals surface area contributed by atoms with Crippen molar-refractivity contribution >= 4 is 0 Å². The van der Waals surface area contributed by atoms with Gasteiger partial charge in [-0.15, -0.1) is 13.2 Å². The van der Waals surface area contributed by atoms with Crippen molar-refractivity contribution < 1.29 is 0 Å². The summed E-state index contributed by atoms with van der Waals surface area (Å²) in [4.78, 5) is 0. The molecule has 0 aliphatic heterocycles. The standard InChI is InChI=1S/C4H8.C4H6.C3H8.C3H6.2C2H6/c2*1-3-4-2;2*1-3-2;2*1-2/h3H,1,4H2,2H3;3-4H,1-2H2;3H2,1-2H3;3H,1H2,2H3;2*1-2H3. The third-order valence-electron chi connectivity index (χ3n) is 0.455. The predicted molar refractivity (Wildman–Crippen MR) is 95.4 cm³/mol. The summed E-state index contributed by atoms with van der Waals surface area (Å²) in [5.41, 5.74) is 0. The van der Waals surface area contributed by atoms with E-state index in [-0.39, 0.29) is 0 Å². The number of allylic oxidation sites excluding steroid dienone is 4. The van der Waals surface area contributed by atoms with Gasteiger partial charge in [-0.3, -0.25) is 0 Å². The molecule has 0 aromatic carbocycles. The van der Waals surface area contributed by atoms with Crippen LogP contribution in [0.25, 0.3) is 0 Å². The van der Waals surface area contributed by atoms with Crippen molar-refractivity contribution in [1.29, 1.82) is 0 Å². The van der Waals surface area contributed by atoms with Crippen LogP contribution in [0, 0.1) is 0 Å². The van der Waals surface area contributed by atoms with Crippen molar-refractivity contribution in [2.24, 2.45) is 0 Å². The first-order chi connectivity index (χ1) is 8.66. The Morgan fingerprint density at radius 3 is 0.833 bits per heavy atom. The summed E-state index contributed by atoms with van der Waals surface area (Å²) < 4.78 is 0. The molecule has 0 bridgehead atoms. The lowest BCUT2D eigenvalue weighted by Crippen LogP contribution is -1.36. The second-order valence-electron chi connectivity index (χ2n) is 2.28. The molecule has 0 fully saturated rings. The van der Waals surface area contributed by atoms with Gasteiger partial charge in [-0.05, 0) is 13.3 Å². The van der Waals surface area contributed by atoms with Gasteiger partial charge in [-0.1, -0.05) is 92.3 Å². The first-order valence-electron chi connectivity index (χ1n) is 7.07. The van der Waals surface area contributed by atoms with E-state index in [1.165, 1.54) is 6.42 Å². The summed E-state index contributed by atoms with van der Waals surface area (Å²) in [6.45, 7) is 29.8. The molecule has 0 nitrogen and oxygen atoms in total. The normalized spacial score (nSPS) is 4.89. The lowest BCUT2D eigenvalue weighted by Gasteiger charge is -1.57. The summed E-state index contributed by atoms with van der Waals surface area (Å²) in [7, 11) is 0. The molecule has 0 unspecified atom stereocenters. The van der Waals surface area contributed by atoms with Crippen molar-refractivity contribution in [1.82, 2.24) is 0 Å². The predicted octanol–water partition coefficient (Wildman–Crippen LogP) is 7.60. The van der Waals surface area contributed by atoms with Crippen LogP contribution < -0.4 is 0 Å². The Labute approximate surface area is 119 Å². The van der Waals surface area contributed by atoms with Crippen LogP contribution in [0.2, 0.25) is 0 Å². The third kappa shape index (κ3) is 3160. The fraction of sp³-hybridized carbons (Fsp3) is 0.556. The summed E-state index contributed by atoms with van der Waals surface area (Å²) >= 11 is 0. The maximum absolute atomic E-state index is 3.48. The van der Waals surface area contributed by atoms with Crippen LogP contribution in [0.5, 0.6) is 0 Å². The summed E-state index contributed by atoms with van der Waals surface area (Å²) in [6.07, 6.45) is 9.24. The minimum absolute atomic E-state index is 1.08. The Morgan fingerprint density at radius 2 is 0.833 bits per heavy atom. The Kier molecular flexibility index (Phi) is 290. The second-order valence-corrected chi connectivity index (χ2v) is 2.28. The summed E-state index contributed by atoms with van der Waals surface area (Å²) in [6, 6.07) is 0. The van der Waals surface area contributed by atoms with Crippen LogP contribution in [0.1, 0.15) is 68.2 Å². The van der Waals surface area contributed by atoms with Crippen molar-refractivity contribution in [3.63, 3.8) is 0 Å². The number of hydrogen-bond donors (Lipinski definition) is 0. The van der Waals surface area contributed by atoms with Crippen LogP contribution >= 0.6 is 0 Å². The molecule has 0 heteroatoms. The molecular weight excluding hydrogens is 216 g/mol. The van der Waals surface area contributed by atoms with Gasteiger partial charge in [0.1, 0.15) is 0 Å². The van der Waals surface area contributed by atoms with Crippen molar-refractivity contribution in [3.8, 4) is 0 Å². The highest BCUT2D eigenvalue weighted by atomic mass is 13.5. The average Bonchev–Trinajstić information content (AvgIpc) is 2.45. The van der Waals surface area contributed by atoms with Crippen LogP contribution in [0.4, 0.5) is 0 Å². The second kappa shape index (κ2) is 145. The van der Waals surface area contributed by atoms with Gasteiger partial charge in [0, 0.05) is 0 Å². The zero-order chi connectivity index (χ0) is 16.2. The van der Waals surface area contributed by atoms with Crippen LogP contribution in [0.3, 0.4) is 0 Å². The van der Waals surface area contributed by atoms with Gasteiger partial charge < -0.3 is 0 Å². The molecule has 0 saturated heterocycles. The summed E-state index contributed by atoms with van der Waals surface area (Å²) in [5.74, 6) is 0. The number of hydrogen-bond acceptors (Lipinski definition) is 0. The van der Waals surface area contributed by atoms with Gasteiger partial charge in [0.05, 0.1) is 0 Å². The third-order valence-corrected chi connectivity index (χ3v) is 0.455. The highest BCUT2D eigenvalue weighted by Crippen LogP contribution is 1.66. The number of rotatable bonds is 2. The highest BCUT2D eigenvalue weighted by molar-refractivity contribution is 4.88. The molecule has 0 saturated carbocycles. The van der Waals surface area contributed by atoms with Gasteiger partial charge in [-0.25, -0.2) is 0 Å². The molecule has 0 amide bonds. The zero-order valence-electron chi connectivity index (χ0n) is 14.6. The van der Waals surface area contributed by atoms with Crippen LogP contribution in [-0.4, -0.2) is 0 Å². The van der Waals surface area contributed by atoms with E-state index >= 15 is 0 Å². The van der Waals surface area contributed by atoms with E-state index in [1.54, 1.807) is 18.2 Å². The molecule has 0 atom stereocenters. The Morgan fingerprint density at radius 1 is 0.722 bits per heavy atom. The molecule has 112 valence electrons.